The molecule has 1 N–H and O–H groups in total. The number of nitrogens with one attached hydrogen (secondary N) is 1. The lowest BCUT2D eigenvalue weighted by Gasteiger charge is -2.26. The molecule has 2 rings (SSSR count). The van der Waals surface area contributed by atoms with Gasteiger partial charge in [0.1, 0.15) is 4.88 Å². The number of likely N-dealkylation sites (tertiary alicyclic amines) is 1. The highest BCUT2D eigenvalue weighted by Gasteiger charge is 2.30. The van der Waals surface area contributed by atoms with Gasteiger partial charge in [-0.25, -0.2) is 0 Å². The van der Waals surface area contributed by atoms with Gasteiger partial charge in [-0.05, 0) is 26.9 Å². The third-order valence-electron chi connectivity index (χ3n) is 3.66. The quantitative estimate of drug-likeness (QED) is 0.809. The molecule has 0 bridgehead atoms. The number of carbonyl (C=O) groups is 2. The molecule has 1 aromatic heterocycles. The number of hydrogen-bond acceptors (Lipinski definition) is 5. The molecule has 2 heterocycles. The molecule has 116 valence electrons. The zero-order chi connectivity index (χ0) is 15.2. The predicted octanol–water partition coefficient (Wildman–Crippen LogP) is 0.816. The summed E-state index contributed by atoms with van der Waals surface area (Å²) < 4.78 is 0. The molecular weight excluding hydrogens is 288 g/mol. The van der Waals surface area contributed by atoms with Gasteiger partial charge in [-0.3, -0.25) is 14.6 Å². The highest BCUT2D eigenvalue weighted by atomic mass is 32.1. The zero-order valence-corrected chi connectivity index (χ0v) is 13.4. The molecule has 1 aromatic rings. The van der Waals surface area contributed by atoms with Crippen molar-refractivity contribution >= 4 is 23.2 Å². The monoisotopic (exact) mass is 310 g/mol. The van der Waals surface area contributed by atoms with Crippen LogP contribution in [0.2, 0.25) is 0 Å². The molecule has 1 fully saturated rings. The van der Waals surface area contributed by atoms with Crippen LogP contribution in [0.1, 0.15) is 28.9 Å². The lowest BCUT2D eigenvalue weighted by molar-refractivity contribution is -0.129. The predicted molar refractivity (Wildman–Crippen MR) is 82.4 cm³/mol. The first-order valence-electron chi connectivity index (χ1n) is 7.19. The number of rotatable bonds is 7. The average Bonchev–Trinajstić information content (AvgIpc) is 3.07. The molecular formula is C14H22N4O2S. The van der Waals surface area contributed by atoms with Crippen molar-refractivity contribution in [1.29, 1.82) is 0 Å². The lowest BCUT2D eigenvalue weighted by Crippen LogP contribution is -2.39. The Morgan fingerprint density at radius 2 is 2.38 bits per heavy atom. The van der Waals surface area contributed by atoms with E-state index >= 15 is 0 Å². The van der Waals surface area contributed by atoms with Crippen LogP contribution in [0, 0.1) is 0 Å². The van der Waals surface area contributed by atoms with Crippen molar-refractivity contribution < 1.29 is 9.59 Å². The summed E-state index contributed by atoms with van der Waals surface area (Å²) in [7, 11) is 4.01. The van der Waals surface area contributed by atoms with Crippen LogP contribution >= 0.6 is 11.3 Å². The lowest BCUT2D eigenvalue weighted by atomic mass is 10.1. The molecule has 0 unspecified atom stereocenters. The Balaban J connectivity index is 1.76. The maximum atomic E-state index is 11.9. The summed E-state index contributed by atoms with van der Waals surface area (Å²) in [6, 6.07) is 0.249. The van der Waals surface area contributed by atoms with E-state index in [2.05, 4.69) is 15.2 Å². The minimum Gasteiger partial charge on any atom is -0.351 e. The largest absolute Gasteiger partial charge is 0.351 e. The van der Waals surface area contributed by atoms with Gasteiger partial charge in [-0.1, -0.05) is 0 Å². The van der Waals surface area contributed by atoms with Crippen molar-refractivity contribution in [2.45, 2.75) is 25.3 Å². The van der Waals surface area contributed by atoms with Crippen molar-refractivity contribution in [3.05, 3.63) is 16.6 Å². The average molecular weight is 310 g/mol. The number of hydrogen-bond donors (Lipinski definition) is 1. The van der Waals surface area contributed by atoms with Crippen LogP contribution in [0.4, 0.5) is 0 Å². The molecule has 0 aliphatic carbocycles. The van der Waals surface area contributed by atoms with E-state index in [0.717, 1.165) is 25.9 Å². The van der Waals surface area contributed by atoms with Crippen molar-refractivity contribution in [2.24, 2.45) is 0 Å². The minimum atomic E-state index is -0.0818. The molecule has 0 aromatic carbocycles. The van der Waals surface area contributed by atoms with Crippen LogP contribution in [-0.4, -0.2) is 66.4 Å². The first-order valence-corrected chi connectivity index (χ1v) is 8.07. The molecule has 1 aliphatic rings. The number of amides is 2. The van der Waals surface area contributed by atoms with Crippen LogP contribution in [-0.2, 0) is 4.79 Å². The fraction of sp³-hybridized carbons (Fsp3) is 0.643. The zero-order valence-electron chi connectivity index (χ0n) is 12.5. The van der Waals surface area contributed by atoms with E-state index in [0.29, 0.717) is 17.8 Å². The smallest absolute Gasteiger partial charge is 0.262 e. The third kappa shape index (κ3) is 4.50. The van der Waals surface area contributed by atoms with E-state index in [9.17, 15) is 9.59 Å². The van der Waals surface area contributed by atoms with E-state index in [4.69, 9.17) is 0 Å². The first-order chi connectivity index (χ1) is 10.1. The summed E-state index contributed by atoms with van der Waals surface area (Å²) in [5, 5.41) is 2.90. The van der Waals surface area contributed by atoms with E-state index in [1.54, 1.807) is 11.7 Å². The first kappa shape index (κ1) is 15.9. The summed E-state index contributed by atoms with van der Waals surface area (Å²) in [5.41, 5.74) is 1.65. The molecule has 0 spiro atoms. The number of likely N-dealkylation sites (N-methyl/N-ethyl adjacent to an activating group) is 1. The van der Waals surface area contributed by atoms with E-state index in [1.807, 2.05) is 19.0 Å². The molecule has 0 saturated carbocycles. The summed E-state index contributed by atoms with van der Waals surface area (Å²) in [4.78, 5) is 32.3. The van der Waals surface area contributed by atoms with Crippen molar-refractivity contribution in [2.75, 3.05) is 33.7 Å². The van der Waals surface area contributed by atoms with Gasteiger partial charge in [0.2, 0.25) is 5.91 Å². The normalized spacial score (nSPS) is 18.5. The van der Waals surface area contributed by atoms with Gasteiger partial charge >= 0.3 is 0 Å². The Morgan fingerprint density at radius 1 is 1.57 bits per heavy atom. The maximum Gasteiger partial charge on any atom is 0.262 e. The topological polar surface area (TPSA) is 65.5 Å². The molecule has 21 heavy (non-hydrogen) atoms. The minimum absolute atomic E-state index is 0.0818. The van der Waals surface area contributed by atoms with Gasteiger partial charge in [-0.2, -0.15) is 0 Å². The van der Waals surface area contributed by atoms with Gasteiger partial charge in [-0.15, -0.1) is 11.3 Å². The van der Waals surface area contributed by atoms with Gasteiger partial charge in [0.05, 0.1) is 11.7 Å². The highest BCUT2D eigenvalue weighted by Crippen LogP contribution is 2.20. The van der Waals surface area contributed by atoms with Crippen LogP contribution in [0.15, 0.2) is 11.7 Å². The summed E-state index contributed by atoms with van der Waals surface area (Å²) in [5.74, 6) is 0.150. The summed E-state index contributed by atoms with van der Waals surface area (Å²) in [6.45, 7) is 2.22. The Labute approximate surface area is 129 Å². The number of carbonyl (C=O) groups excluding carboxylic acids is 2. The van der Waals surface area contributed by atoms with Crippen LogP contribution < -0.4 is 5.32 Å². The van der Waals surface area contributed by atoms with E-state index < -0.39 is 0 Å². The summed E-state index contributed by atoms with van der Waals surface area (Å²) >= 11 is 1.33. The second-order valence-corrected chi connectivity index (χ2v) is 6.38. The molecule has 1 atom stereocenters. The van der Waals surface area contributed by atoms with Gasteiger partial charge in [0.15, 0.2) is 0 Å². The summed E-state index contributed by atoms with van der Waals surface area (Å²) in [6.07, 6.45) is 3.90. The fourth-order valence-electron chi connectivity index (χ4n) is 2.48. The molecule has 7 heteroatoms. The van der Waals surface area contributed by atoms with Crippen molar-refractivity contribution in [3.8, 4) is 0 Å². The standard InChI is InChI=1S/C14H22N4O2S/c1-17(2)7-8-18-11(3-4-13(18)19)5-6-16-14(20)12-9-15-10-21-12/h9-11H,3-8H2,1-2H3,(H,16,20)/t11-/m1/s1. The Morgan fingerprint density at radius 3 is 3.05 bits per heavy atom. The van der Waals surface area contributed by atoms with Crippen LogP contribution in [0.5, 0.6) is 0 Å². The van der Waals surface area contributed by atoms with Crippen LogP contribution in [0.3, 0.4) is 0 Å². The Kier molecular flexibility index (Phi) is 5.69. The van der Waals surface area contributed by atoms with Gasteiger partial charge < -0.3 is 15.1 Å². The van der Waals surface area contributed by atoms with Gasteiger partial charge in [0.25, 0.3) is 5.91 Å². The van der Waals surface area contributed by atoms with E-state index in [-0.39, 0.29) is 17.9 Å². The Hall–Kier alpha value is -1.47. The fourth-order valence-corrected chi connectivity index (χ4v) is 3.01. The number of nitrogens with zero attached hydrogens (tertiary/aromatic N) is 3. The van der Waals surface area contributed by atoms with Gasteiger partial charge in [0, 0.05) is 32.1 Å². The molecule has 0 radical (unpaired) electrons. The van der Waals surface area contributed by atoms with Crippen molar-refractivity contribution in [1.82, 2.24) is 20.1 Å². The second-order valence-electron chi connectivity index (χ2n) is 5.49. The third-order valence-corrected chi connectivity index (χ3v) is 4.43. The number of thiazole rings is 1. The maximum absolute atomic E-state index is 11.9. The molecule has 1 aliphatic heterocycles. The highest BCUT2D eigenvalue weighted by molar-refractivity contribution is 7.11. The Bertz CT molecular complexity index is 475. The second kappa shape index (κ2) is 7.51. The SMILES string of the molecule is CN(C)CCN1C(=O)CC[C@@H]1CCNC(=O)c1cncs1. The molecule has 6 nitrogen and oxygen atoms in total. The molecule has 1 saturated heterocycles. The molecule has 2 amide bonds. The van der Waals surface area contributed by atoms with Crippen molar-refractivity contribution in [3.63, 3.8) is 0 Å². The van der Waals surface area contributed by atoms with Crippen LogP contribution in [0.25, 0.3) is 0 Å². The number of aromatic nitrogens is 1. The van der Waals surface area contributed by atoms with E-state index in [1.165, 1.54) is 11.3 Å².